The number of halogens is 1. The highest BCUT2D eigenvalue weighted by molar-refractivity contribution is 6.32. The fourth-order valence-corrected chi connectivity index (χ4v) is 1.67. The molecule has 0 aliphatic carbocycles. The number of non-ortho nitro benzene ring substituents is 1. The van der Waals surface area contributed by atoms with Gasteiger partial charge in [-0.15, -0.1) is 0 Å². The molecule has 0 heterocycles. The summed E-state index contributed by atoms with van der Waals surface area (Å²) in [7, 11) is 0. The molecular formula is C13H7ClN2O4. The average Bonchev–Trinajstić information content (AvgIpc) is 2.43. The van der Waals surface area contributed by atoms with Gasteiger partial charge < -0.3 is 4.74 Å². The number of hydrogen-bond acceptors (Lipinski definition) is 5. The van der Waals surface area contributed by atoms with E-state index in [0.29, 0.717) is 17.2 Å². The lowest BCUT2D eigenvalue weighted by Gasteiger charge is -2.07. The average molecular weight is 291 g/mol. The Bertz CT molecular complexity index is 694. The molecule has 2 rings (SSSR count). The van der Waals surface area contributed by atoms with Gasteiger partial charge in [-0.25, -0.2) is 4.79 Å². The molecule has 0 aliphatic heterocycles. The number of carbonyl (C=O) groups excluding carboxylic acids is 1. The maximum atomic E-state index is 10.6. The molecular weight excluding hydrogens is 284 g/mol. The third-order valence-corrected chi connectivity index (χ3v) is 2.66. The first-order valence-electron chi connectivity index (χ1n) is 5.40. The molecule has 7 heteroatoms. The molecule has 0 unspecified atom stereocenters. The first-order valence-corrected chi connectivity index (χ1v) is 5.77. The second-order valence-corrected chi connectivity index (χ2v) is 4.08. The molecule has 0 amide bonds. The number of aliphatic imine (C=N–C) groups is 1. The highest BCUT2D eigenvalue weighted by Crippen LogP contribution is 2.32. The largest absolute Gasteiger partial charge is 0.456 e. The quantitative estimate of drug-likeness (QED) is 0.369. The number of rotatable bonds is 4. The van der Waals surface area contributed by atoms with E-state index in [4.69, 9.17) is 16.3 Å². The summed E-state index contributed by atoms with van der Waals surface area (Å²) in [5.41, 5.74) is 0.333. The monoisotopic (exact) mass is 290 g/mol. The molecule has 0 aromatic heterocycles. The molecule has 0 atom stereocenters. The van der Waals surface area contributed by atoms with E-state index in [1.807, 2.05) is 0 Å². The summed E-state index contributed by atoms with van der Waals surface area (Å²) in [6.07, 6.45) is 1.43. The fourth-order valence-electron chi connectivity index (χ4n) is 1.45. The number of ether oxygens (including phenoxy) is 1. The summed E-state index contributed by atoms with van der Waals surface area (Å²) in [5, 5.41) is 10.7. The van der Waals surface area contributed by atoms with Crippen LogP contribution < -0.4 is 4.74 Å². The van der Waals surface area contributed by atoms with Gasteiger partial charge >= 0.3 is 0 Å². The lowest BCUT2D eigenvalue weighted by atomic mass is 10.3. The summed E-state index contributed by atoms with van der Waals surface area (Å²) in [6, 6.07) is 10.2. The predicted molar refractivity (Wildman–Crippen MR) is 72.4 cm³/mol. The van der Waals surface area contributed by atoms with Crippen molar-refractivity contribution in [1.82, 2.24) is 0 Å². The molecule has 0 bridgehead atoms. The van der Waals surface area contributed by atoms with Gasteiger partial charge in [-0.3, -0.25) is 10.1 Å². The molecule has 0 radical (unpaired) electrons. The van der Waals surface area contributed by atoms with Gasteiger partial charge in [-0.05, 0) is 30.3 Å². The van der Waals surface area contributed by atoms with E-state index in [1.54, 1.807) is 24.3 Å². The number of benzene rings is 2. The second-order valence-electron chi connectivity index (χ2n) is 3.67. The van der Waals surface area contributed by atoms with Gasteiger partial charge in [-0.1, -0.05) is 11.6 Å². The van der Waals surface area contributed by atoms with Crippen LogP contribution in [0.15, 0.2) is 47.5 Å². The summed E-state index contributed by atoms with van der Waals surface area (Å²) in [4.78, 5) is 23.6. The fraction of sp³-hybridized carbons (Fsp3) is 0. The first-order chi connectivity index (χ1) is 9.60. The van der Waals surface area contributed by atoms with Crippen LogP contribution in [0.2, 0.25) is 5.02 Å². The minimum Gasteiger partial charge on any atom is -0.456 e. The summed E-state index contributed by atoms with van der Waals surface area (Å²) in [5.74, 6) is 0.759. The van der Waals surface area contributed by atoms with Crippen molar-refractivity contribution in [2.24, 2.45) is 4.99 Å². The van der Waals surface area contributed by atoms with Crippen molar-refractivity contribution in [2.45, 2.75) is 0 Å². The van der Waals surface area contributed by atoms with E-state index < -0.39 is 4.92 Å². The van der Waals surface area contributed by atoms with Gasteiger partial charge in [0.05, 0.1) is 15.6 Å². The Labute approximate surface area is 118 Å². The zero-order valence-electron chi connectivity index (χ0n) is 9.95. The molecule has 2 aromatic rings. The number of nitro groups is 1. The summed E-state index contributed by atoms with van der Waals surface area (Å²) < 4.78 is 5.48. The van der Waals surface area contributed by atoms with Crippen LogP contribution >= 0.6 is 11.6 Å². The van der Waals surface area contributed by atoms with Gasteiger partial charge in [0.1, 0.15) is 11.5 Å². The van der Waals surface area contributed by atoms with Crippen molar-refractivity contribution >= 4 is 29.1 Å². The van der Waals surface area contributed by atoms with Crippen LogP contribution in [-0.4, -0.2) is 11.0 Å². The van der Waals surface area contributed by atoms with Crippen molar-refractivity contribution in [2.75, 3.05) is 0 Å². The molecule has 100 valence electrons. The number of hydrogen-bond donors (Lipinski definition) is 0. The van der Waals surface area contributed by atoms with Gasteiger partial charge in [0.2, 0.25) is 6.08 Å². The number of nitrogens with zero attached hydrogens (tertiary/aromatic N) is 2. The van der Waals surface area contributed by atoms with Crippen LogP contribution in [0.1, 0.15) is 0 Å². The Kier molecular flexibility index (Phi) is 4.10. The highest BCUT2D eigenvalue weighted by Gasteiger charge is 2.10. The van der Waals surface area contributed by atoms with Crippen LogP contribution in [0.3, 0.4) is 0 Å². The zero-order valence-corrected chi connectivity index (χ0v) is 10.7. The molecule has 0 fully saturated rings. The lowest BCUT2D eigenvalue weighted by molar-refractivity contribution is -0.384. The Morgan fingerprint density at radius 1 is 1.20 bits per heavy atom. The highest BCUT2D eigenvalue weighted by atomic mass is 35.5. The van der Waals surface area contributed by atoms with Crippen LogP contribution in [0.5, 0.6) is 11.5 Å². The van der Waals surface area contributed by atoms with Crippen molar-refractivity contribution in [1.29, 1.82) is 0 Å². The van der Waals surface area contributed by atoms with E-state index in [0.717, 1.165) is 0 Å². The smallest absolute Gasteiger partial charge is 0.271 e. The lowest BCUT2D eigenvalue weighted by Crippen LogP contribution is -1.89. The molecule has 0 aliphatic rings. The van der Waals surface area contributed by atoms with Crippen molar-refractivity contribution < 1.29 is 14.5 Å². The topological polar surface area (TPSA) is 81.8 Å². The third-order valence-electron chi connectivity index (χ3n) is 2.37. The zero-order chi connectivity index (χ0) is 14.5. The molecule has 6 nitrogen and oxygen atoms in total. The van der Waals surface area contributed by atoms with Crippen LogP contribution in [-0.2, 0) is 4.79 Å². The minimum absolute atomic E-state index is 0.113. The van der Waals surface area contributed by atoms with E-state index in [2.05, 4.69) is 4.99 Å². The van der Waals surface area contributed by atoms with Gasteiger partial charge in [-0.2, -0.15) is 4.99 Å². The predicted octanol–water partition coefficient (Wildman–Crippen LogP) is 4.01. The SMILES string of the molecule is O=C=Nc1ccc(Oc2ccc([N+](=O)[O-])cc2Cl)cc1. The number of nitro benzene ring substituents is 1. The molecule has 2 aromatic carbocycles. The molecule has 20 heavy (non-hydrogen) atoms. The standard InChI is InChI=1S/C13H7ClN2O4/c14-12-7-10(16(18)19)3-6-13(12)20-11-4-1-9(2-5-11)15-8-17/h1-7H. The molecule has 0 saturated carbocycles. The van der Waals surface area contributed by atoms with Gasteiger partial charge in [0.25, 0.3) is 5.69 Å². The molecule has 0 saturated heterocycles. The Morgan fingerprint density at radius 3 is 2.45 bits per heavy atom. The summed E-state index contributed by atoms with van der Waals surface area (Å²) in [6.45, 7) is 0. The Balaban J connectivity index is 2.21. The normalized spacial score (nSPS) is 9.65. The van der Waals surface area contributed by atoms with Crippen LogP contribution in [0, 0.1) is 10.1 Å². The Hall–Kier alpha value is -2.69. The molecule has 0 spiro atoms. The maximum absolute atomic E-state index is 10.6. The maximum Gasteiger partial charge on any atom is 0.271 e. The van der Waals surface area contributed by atoms with E-state index in [-0.39, 0.29) is 10.7 Å². The van der Waals surface area contributed by atoms with Crippen molar-refractivity contribution in [3.05, 3.63) is 57.6 Å². The van der Waals surface area contributed by atoms with E-state index >= 15 is 0 Å². The van der Waals surface area contributed by atoms with Crippen molar-refractivity contribution in [3.8, 4) is 11.5 Å². The Morgan fingerprint density at radius 2 is 1.90 bits per heavy atom. The minimum atomic E-state index is -0.540. The van der Waals surface area contributed by atoms with Gasteiger partial charge in [0.15, 0.2) is 0 Å². The van der Waals surface area contributed by atoms with Crippen LogP contribution in [0.4, 0.5) is 11.4 Å². The van der Waals surface area contributed by atoms with E-state index in [9.17, 15) is 14.9 Å². The van der Waals surface area contributed by atoms with E-state index in [1.165, 1.54) is 24.3 Å². The van der Waals surface area contributed by atoms with Crippen molar-refractivity contribution in [3.63, 3.8) is 0 Å². The number of isocyanates is 1. The first kappa shape index (κ1) is 13.7. The summed E-state index contributed by atoms with van der Waals surface area (Å²) >= 11 is 5.91. The molecule has 0 N–H and O–H groups in total. The second kappa shape index (κ2) is 5.97. The van der Waals surface area contributed by atoms with Gasteiger partial charge in [0, 0.05) is 12.1 Å². The van der Waals surface area contributed by atoms with Crippen LogP contribution in [0.25, 0.3) is 0 Å². The third kappa shape index (κ3) is 3.20.